The Kier molecular flexibility index (Phi) is 10.8. The molecule has 0 radical (unpaired) electrons. The van der Waals surface area contributed by atoms with Gasteiger partial charge in [0.1, 0.15) is 11.5 Å². The number of phenols is 1. The van der Waals surface area contributed by atoms with Gasteiger partial charge in [-0.1, -0.05) is 92.4 Å². The molecule has 4 aromatic carbocycles. The average Bonchev–Trinajstić information content (AvgIpc) is 2.79. The molecule has 184 valence electrons. The van der Waals surface area contributed by atoms with Crippen LogP contribution in [-0.2, 0) is 9.13 Å². The maximum atomic E-state index is 12.2. The Morgan fingerprint density at radius 3 is 1.74 bits per heavy atom. The highest BCUT2D eigenvalue weighted by atomic mass is 36.0. The Balaban J connectivity index is 0.000000206. The molecule has 35 heavy (non-hydrogen) atoms. The fourth-order valence-electron chi connectivity index (χ4n) is 3.21. The number of phenolic OH excluding ortho intramolecular Hbond substituents is 1. The normalized spacial score (nSPS) is 15.3. The summed E-state index contributed by atoms with van der Waals surface area (Å²) >= 11 is 19.8. The third-order valence-corrected chi connectivity index (χ3v) is 6.72. The standard InChI is InChI=1S/C12H8ClO2P.C12H10O.CH4.Cl3OP/c13-16(14)12-8-4-2-6-10(12)9-5-1-3-7-11(9)15-16;13-12-9-5-4-8-11(12)10-6-2-1-3-7-10;;1-5(2,3)4/h1-8H;1-9,13H;1H4;. The fraction of sp³-hybridized carbons (Fsp3) is 0.0400. The molecule has 1 heterocycles. The SMILES string of the molecule is C.O=P(Cl)(Cl)Cl.O=P1(Cl)Oc2ccccc2-c2ccccc21.Oc1ccccc1-c1ccccc1. The van der Waals surface area contributed by atoms with Gasteiger partial charge in [0.2, 0.25) is 0 Å². The molecule has 4 aromatic rings. The van der Waals surface area contributed by atoms with Crippen molar-refractivity contribution in [2.45, 2.75) is 7.43 Å². The number of aromatic hydroxyl groups is 1. The van der Waals surface area contributed by atoms with Crippen LogP contribution in [0, 0.1) is 0 Å². The molecule has 0 saturated heterocycles. The summed E-state index contributed by atoms with van der Waals surface area (Å²) in [5, 5.41) is 6.92. The Morgan fingerprint density at radius 1 is 0.686 bits per heavy atom. The Labute approximate surface area is 224 Å². The largest absolute Gasteiger partial charge is 0.507 e. The molecule has 10 heteroatoms. The van der Waals surface area contributed by atoms with E-state index in [-0.39, 0.29) is 7.43 Å². The van der Waals surface area contributed by atoms with Crippen molar-refractivity contribution in [3.8, 4) is 33.8 Å². The number of hydrogen-bond acceptors (Lipinski definition) is 4. The minimum absolute atomic E-state index is 0. The zero-order chi connectivity index (χ0) is 24.8. The van der Waals surface area contributed by atoms with Gasteiger partial charge in [0, 0.05) is 16.7 Å². The lowest BCUT2D eigenvalue weighted by atomic mass is 10.0. The molecule has 1 aliphatic heterocycles. The van der Waals surface area contributed by atoms with Crippen LogP contribution in [-0.4, -0.2) is 5.11 Å². The van der Waals surface area contributed by atoms with E-state index in [1.807, 2.05) is 84.9 Å². The van der Waals surface area contributed by atoms with Gasteiger partial charge in [-0.15, -0.1) is 0 Å². The molecule has 4 nitrogen and oxygen atoms in total. The molecular weight excluding hydrogens is 568 g/mol. The average molecular weight is 590 g/mol. The lowest BCUT2D eigenvalue weighted by Crippen LogP contribution is -2.13. The van der Waals surface area contributed by atoms with Crippen molar-refractivity contribution < 1.29 is 18.8 Å². The van der Waals surface area contributed by atoms with Crippen LogP contribution in [0.15, 0.2) is 103 Å². The van der Waals surface area contributed by atoms with Gasteiger partial charge in [-0.05, 0) is 68.7 Å². The molecule has 1 atom stereocenters. The maximum absolute atomic E-state index is 12.2. The van der Waals surface area contributed by atoms with E-state index in [1.165, 1.54) is 0 Å². The second-order valence-corrected chi connectivity index (χ2v) is 16.5. The number of hydrogen-bond donors (Lipinski definition) is 1. The van der Waals surface area contributed by atoms with E-state index in [0.29, 0.717) is 16.8 Å². The van der Waals surface area contributed by atoms with Crippen molar-refractivity contribution in [2.24, 2.45) is 0 Å². The van der Waals surface area contributed by atoms with Crippen LogP contribution in [0.5, 0.6) is 11.5 Å². The third kappa shape index (κ3) is 8.62. The van der Waals surface area contributed by atoms with Gasteiger partial charge in [0.25, 0.3) is 0 Å². The number of rotatable bonds is 1. The molecular formula is C25H22Cl4O4P2. The van der Waals surface area contributed by atoms with Crippen LogP contribution >= 0.6 is 56.9 Å². The van der Waals surface area contributed by atoms with Crippen LogP contribution in [0.1, 0.15) is 7.43 Å². The summed E-state index contributed by atoms with van der Waals surface area (Å²) in [4.78, 5) is 0. The summed E-state index contributed by atoms with van der Waals surface area (Å²) in [6, 6.07) is 32.0. The van der Waals surface area contributed by atoms with Crippen molar-refractivity contribution in [2.75, 3.05) is 0 Å². The number of para-hydroxylation sites is 2. The first kappa shape index (κ1) is 29.3. The second kappa shape index (κ2) is 12.9. The lowest BCUT2D eigenvalue weighted by Gasteiger charge is -2.23. The van der Waals surface area contributed by atoms with Gasteiger partial charge in [0.05, 0.1) is 5.30 Å². The molecule has 5 rings (SSSR count). The van der Waals surface area contributed by atoms with E-state index in [4.69, 9.17) is 15.8 Å². The summed E-state index contributed by atoms with van der Waals surface area (Å²) in [5.41, 5.74) is 3.75. The van der Waals surface area contributed by atoms with Gasteiger partial charge in [-0.2, -0.15) is 0 Å². The highest BCUT2D eigenvalue weighted by Gasteiger charge is 2.33. The molecule has 0 aromatic heterocycles. The zero-order valence-electron chi connectivity index (χ0n) is 17.4. The Morgan fingerprint density at radius 2 is 1.14 bits per heavy atom. The first-order chi connectivity index (χ1) is 16.1. The monoisotopic (exact) mass is 588 g/mol. The van der Waals surface area contributed by atoms with E-state index >= 15 is 0 Å². The third-order valence-electron chi connectivity index (χ3n) is 4.57. The van der Waals surface area contributed by atoms with Crippen molar-refractivity contribution in [1.29, 1.82) is 0 Å². The lowest BCUT2D eigenvalue weighted by molar-refractivity contribution is 0.477. The summed E-state index contributed by atoms with van der Waals surface area (Å²) in [7, 11) is 0. The number of benzene rings is 4. The van der Waals surface area contributed by atoms with Crippen LogP contribution in [0.3, 0.4) is 0 Å². The number of fused-ring (bicyclic) bond motifs is 3. The Hall–Kier alpha value is -1.90. The summed E-state index contributed by atoms with van der Waals surface area (Å²) in [6.45, 7) is -3.24. The van der Waals surface area contributed by atoms with Gasteiger partial charge >= 0.3 is 11.9 Å². The summed E-state index contributed by atoms with van der Waals surface area (Å²) in [6.07, 6.45) is 0. The topological polar surface area (TPSA) is 63.6 Å². The van der Waals surface area contributed by atoms with E-state index in [0.717, 1.165) is 22.3 Å². The second-order valence-electron chi connectivity index (χ2n) is 6.87. The predicted octanol–water partition coefficient (Wildman–Crippen LogP) is 10.3. The van der Waals surface area contributed by atoms with Gasteiger partial charge in [-0.25, -0.2) is 0 Å². The first-order valence-electron chi connectivity index (χ1n) is 9.77. The quantitative estimate of drug-likeness (QED) is 0.224. The van der Waals surface area contributed by atoms with Crippen molar-refractivity contribution in [3.05, 3.63) is 103 Å². The van der Waals surface area contributed by atoms with Crippen molar-refractivity contribution >= 4 is 62.2 Å². The molecule has 1 aliphatic rings. The van der Waals surface area contributed by atoms with Crippen molar-refractivity contribution in [1.82, 2.24) is 0 Å². The Bertz CT molecular complexity index is 1350. The van der Waals surface area contributed by atoms with Gasteiger partial charge in [-0.3, -0.25) is 9.13 Å². The number of halogens is 4. The molecule has 0 saturated carbocycles. The van der Waals surface area contributed by atoms with Crippen LogP contribution in [0.2, 0.25) is 0 Å². The van der Waals surface area contributed by atoms with Crippen LogP contribution < -0.4 is 9.83 Å². The van der Waals surface area contributed by atoms with Crippen molar-refractivity contribution in [3.63, 3.8) is 0 Å². The molecule has 0 fully saturated rings. The van der Waals surface area contributed by atoms with Crippen LogP contribution in [0.4, 0.5) is 0 Å². The van der Waals surface area contributed by atoms with E-state index in [9.17, 15) is 14.2 Å². The maximum Gasteiger partial charge on any atom is 0.367 e. The molecule has 1 unspecified atom stereocenters. The first-order valence-corrected chi connectivity index (χ1v) is 16.7. The minimum atomic E-state index is -3.24. The molecule has 1 N–H and O–H groups in total. The van der Waals surface area contributed by atoms with Gasteiger partial charge < -0.3 is 9.63 Å². The predicted molar refractivity (Wildman–Crippen MR) is 151 cm³/mol. The highest BCUT2D eigenvalue weighted by molar-refractivity contribution is 8.24. The van der Waals surface area contributed by atoms with Crippen LogP contribution in [0.25, 0.3) is 22.3 Å². The van der Waals surface area contributed by atoms with E-state index in [2.05, 4.69) is 33.7 Å². The fourth-order valence-corrected chi connectivity index (χ4v) is 5.14. The smallest absolute Gasteiger partial charge is 0.367 e. The zero-order valence-corrected chi connectivity index (χ0v) is 22.2. The van der Waals surface area contributed by atoms with E-state index in [1.54, 1.807) is 18.2 Å². The molecule has 0 spiro atoms. The highest BCUT2D eigenvalue weighted by Crippen LogP contribution is 2.61. The van der Waals surface area contributed by atoms with Gasteiger partial charge in [0.15, 0.2) is 0 Å². The summed E-state index contributed by atoms with van der Waals surface area (Å²) in [5.74, 6) is 0.910. The van der Waals surface area contributed by atoms with E-state index < -0.39 is 11.9 Å². The minimum Gasteiger partial charge on any atom is -0.507 e. The molecule has 0 bridgehead atoms. The molecule has 0 amide bonds. The molecule has 0 aliphatic carbocycles. The summed E-state index contributed by atoms with van der Waals surface area (Å²) < 4.78 is 27.0.